The zero-order valence-electron chi connectivity index (χ0n) is 19.1. The molecule has 35 heavy (non-hydrogen) atoms. The second kappa shape index (κ2) is 11.9. The predicted molar refractivity (Wildman–Crippen MR) is 130 cm³/mol. The summed E-state index contributed by atoms with van der Waals surface area (Å²) in [6.45, 7) is 1.28. The van der Waals surface area contributed by atoms with Crippen LogP contribution < -0.4 is 20.5 Å². The van der Waals surface area contributed by atoms with E-state index in [4.69, 9.17) is 20.3 Å². The third kappa shape index (κ3) is 6.28. The van der Waals surface area contributed by atoms with Crippen LogP contribution in [0.25, 0.3) is 16.9 Å². The molecule has 1 atom stereocenters. The average Bonchev–Trinajstić information content (AvgIpc) is 3.31. The number of aldehydes is 1. The van der Waals surface area contributed by atoms with Crippen LogP contribution in [0.15, 0.2) is 54.7 Å². The molecule has 0 aliphatic rings. The number of fused-ring (bicyclic) bond motifs is 1. The Morgan fingerprint density at radius 1 is 1.11 bits per heavy atom. The van der Waals surface area contributed by atoms with Gasteiger partial charge in [-0.3, -0.25) is 0 Å². The van der Waals surface area contributed by atoms with E-state index in [9.17, 15) is 4.79 Å². The van der Waals surface area contributed by atoms with Gasteiger partial charge in [0.2, 0.25) is 5.95 Å². The van der Waals surface area contributed by atoms with Crippen LogP contribution in [-0.4, -0.2) is 62.7 Å². The van der Waals surface area contributed by atoms with E-state index in [0.29, 0.717) is 49.0 Å². The van der Waals surface area contributed by atoms with Crippen molar-refractivity contribution in [2.24, 2.45) is 11.7 Å². The first kappa shape index (κ1) is 24.0. The highest BCUT2D eigenvalue weighted by Gasteiger charge is 2.11. The van der Waals surface area contributed by atoms with Crippen molar-refractivity contribution in [3.63, 3.8) is 0 Å². The number of carbonyl (C=O) groups is 1. The number of aliphatic hydroxyl groups excluding tert-OH is 1. The van der Waals surface area contributed by atoms with Crippen LogP contribution in [0, 0.1) is 5.92 Å². The smallest absolute Gasteiger partial charge is 0.229 e. The van der Waals surface area contributed by atoms with Gasteiger partial charge in [-0.05, 0) is 55.8 Å². The Hall–Kier alpha value is -4.09. The fraction of sp³-hybridized carbons (Fsp3) is 0.292. The van der Waals surface area contributed by atoms with Crippen molar-refractivity contribution in [1.29, 1.82) is 0 Å². The summed E-state index contributed by atoms with van der Waals surface area (Å²) in [4.78, 5) is 19.7. The summed E-state index contributed by atoms with van der Waals surface area (Å²) in [6, 6.07) is 14.8. The molecular formula is C24H27N7O4. The fourth-order valence-corrected chi connectivity index (χ4v) is 3.24. The van der Waals surface area contributed by atoms with E-state index in [2.05, 4.69) is 25.6 Å². The molecule has 11 nitrogen and oxygen atoms in total. The quantitative estimate of drug-likeness (QED) is 0.193. The summed E-state index contributed by atoms with van der Waals surface area (Å²) in [5.74, 6) is 1.36. The molecule has 2 aromatic heterocycles. The first-order valence-electron chi connectivity index (χ1n) is 11.3. The molecule has 0 fully saturated rings. The van der Waals surface area contributed by atoms with Gasteiger partial charge < -0.3 is 30.4 Å². The van der Waals surface area contributed by atoms with E-state index in [0.717, 1.165) is 29.8 Å². The number of nitrogens with zero attached hydrogens (tertiary/aromatic N) is 5. The van der Waals surface area contributed by atoms with E-state index in [1.165, 1.54) is 0 Å². The highest BCUT2D eigenvalue weighted by atomic mass is 16.5. The first-order valence-corrected chi connectivity index (χ1v) is 11.3. The monoisotopic (exact) mass is 477 g/mol. The van der Waals surface area contributed by atoms with E-state index in [1.54, 1.807) is 23.0 Å². The van der Waals surface area contributed by atoms with Gasteiger partial charge in [0, 0.05) is 17.7 Å². The molecule has 0 amide bonds. The maximum Gasteiger partial charge on any atom is 0.229 e. The Morgan fingerprint density at radius 3 is 2.71 bits per heavy atom. The standard InChI is InChI=1S/C24H27N7O4/c25-10-2-11-34-21-4-1-3-18(13-21)27-24-26-14-22-23(28-24)31(30-29-22)19-5-7-20(8-6-19)35-12-9-17(15-32)16-33/h1,3-8,13-15,17,33H,2,9-12,16,25H2,(H,26,27,28). The number of anilines is 2. The van der Waals surface area contributed by atoms with Crippen LogP contribution in [0.5, 0.6) is 11.5 Å². The van der Waals surface area contributed by atoms with Crippen LogP contribution >= 0.6 is 0 Å². The van der Waals surface area contributed by atoms with Gasteiger partial charge in [-0.1, -0.05) is 11.3 Å². The molecule has 182 valence electrons. The Morgan fingerprint density at radius 2 is 1.94 bits per heavy atom. The molecule has 1 unspecified atom stereocenters. The van der Waals surface area contributed by atoms with Gasteiger partial charge in [0.1, 0.15) is 17.8 Å². The minimum absolute atomic E-state index is 0.183. The molecule has 0 radical (unpaired) electrons. The van der Waals surface area contributed by atoms with Crippen molar-refractivity contribution in [2.75, 3.05) is 31.7 Å². The molecule has 2 heterocycles. The Bertz CT molecular complexity index is 1250. The molecule has 2 aromatic carbocycles. The number of aliphatic hydroxyl groups is 1. The normalized spacial score (nSPS) is 11.8. The molecule has 0 saturated heterocycles. The lowest BCUT2D eigenvalue weighted by molar-refractivity contribution is -0.112. The summed E-state index contributed by atoms with van der Waals surface area (Å²) in [5.41, 5.74) is 8.15. The summed E-state index contributed by atoms with van der Waals surface area (Å²) in [5, 5.41) is 20.6. The number of benzene rings is 2. The number of nitrogens with one attached hydrogen (secondary N) is 1. The number of carbonyl (C=O) groups excluding carboxylic acids is 1. The molecule has 0 aliphatic heterocycles. The van der Waals surface area contributed by atoms with Crippen LogP contribution in [0.2, 0.25) is 0 Å². The van der Waals surface area contributed by atoms with E-state index in [-0.39, 0.29) is 6.61 Å². The third-order valence-electron chi connectivity index (χ3n) is 5.17. The second-order valence-corrected chi connectivity index (χ2v) is 7.76. The molecule has 0 saturated carbocycles. The molecule has 0 spiro atoms. The largest absolute Gasteiger partial charge is 0.494 e. The van der Waals surface area contributed by atoms with E-state index in [1.807, 2.05) is 36.4 Å². The van der Waals surface area contributed by atoms with Crippen LogP contribution in [0.3, 0.4) is 0 Å². The summed E-state index contributed by atoms with van der Waals surface area (Å²) < 4.78 is 13.0. The van der Waals surface area contributed by atoms with Gasteiger partial charge >= 0.3 is 0 Å². The predicted octanol–water partition coefficient (Wildman–Crippen LogP) is 2.26. The molecule has 11 heteroatoms. The van der Waals surface area contributed by atoms with Crippen molar-refractivity contribution < 1.29 is 19.4 Å². The number of aromatic nitrogens is 5. The minimum Gasteiger partial charge on any atom is -0.494 e. The first-order chi connectivity index (χ1) is 17.2. The van der Waals surface area contributed by atoms with E-state index >= 15 is 0 Å². The maximum absolute atomic E-state index is 10.8. The Labute approximate surface area is 201 Å². The van der Waals surface area contributed by atoms with E-state index < -0.39 is 5.92 Å². The number of nitrogens with two attached hydrogens (primary N) is 1. The highest BCUT2D eigenvalue weighted by Crippen LogP contribution is 2.22. The van der Waals surface area contributed by atoms with Crippen LogP contribution in [0.1, 0.15) is 12.8 Å². The fourth-order valence-electron chi connectivity index (χ4n) is 3.24. The average molecular weight is 478 g/mol. The third-order valence-corrected chi connectivity index (χ3v) is 5.17. The van der Waals surface area contributed by atoms with Crippen molar-refractivity contribution >= 4 is 29.1 Å². The topological polar surface area (TPSA) is 150 Å². The molecular weight excluding hydrogens is 450 g/mol. The van der Waals surface area contributed by atoms with Gasteiger partial charge in [0.15, 0.2) is 11.2 Å². The Balaban J connectivity index is 1.46. The molecule has 4 aromatic rings. The number of hydrogen-bond acceptors (Lipinski definition) is 10. The second-order valence-electron chi connectivity index (χ2n) is 7.76. The van der Waals surface area contributed by atoms with Crippen molar-refractivity contribution in [1.82, 2.24) is 25.0 Å². The zero-order chi connectivity index (χ0) is 24.5. The van der Waals surface area contributed by atoms with Crippen LogP contribution in [-0.2, 0) is 4.79 Å². The van der Waals surface area contributed by atoms with Crippen molar-refractivity contribution in [2.45, 2.75) is 12.8 Å². The summed E-state index contributed by atoms with van der Waals surface area (Å²) >= 11 is 0. The summed E-state index contributed by atoms with van der Waals surface area (Å²) in [7, 11) is 0. The van der Waals surface area contributed by atoms with Crippen molar-refractivity contribution in [3.8, 4) is 17.2 Å². The highest BCUT2D eigenvalue weighted by molar-refractivity contribution is 5.73. The van der Waals surface area contributed by atoms with Gasteiger partial charge in [-0.15, -0.1) is 5.10 Å². The molecule has 0 bridgehead atoms. The lowest BCUT2D eigenvalue weighted by Gasteiger charge is -2.10. The lowest BCUT2D eigenvalue weighted by atomic mass is 10.1. The number of ether oxygens (including phenoxy) is 2. The minimum atomic E-state index is -0.413. The van der Waals surface area contributed by atoms with Gasteiger partial charge in [0.05, 0.1) is 31.7 Å². The number of rotatable bonds is 13. The number of hydrogen-bond donors (Lipinski definition) is 3. The van der Waals surface area contributed by atoms with Gasteiger partial charge in [-0.2, -0.15) is 9.67 Å². The maximum atomic E-state index is 10.8. The lowest BCUT2D eigenvalue weighted by Crippen LogP contribution is -2.12. The van der Waals surface area contributed by atoms with Gasteiger partial charge in [-0.25, -0.2) is 4.98 Å². The van der Waals surface area contributed by atoms with Gasteiger partial charge in [0.25, 0.3) is 0 Å². The SMILES string of the molecule is NCCCOc1cccc(Nc2ncc3nnn(-c4ccc(OCCC(C=O)CO)cc4)c3n2)c1. The molecule has 4 rings (SSSR count). The molecule has 0 aliphatic carbocycles. The Kier molecular flexibility index (Phi) is 8.15. The summed E-state index contributed by atoms with van der Waals surface area (Å²) in [6.07, 6.45) is 3.58. The van der Waals surface area contributed by atoms with Crippen LogP contribution in [0.4, 0.5) is 11.6 Å². The van der Waals surface area contributed by atoms with Crippen molar-refractivity contribution in [3.05, 3.63) is 54.7 Å². The zero-order valence-corrected chi connectivity index (χ0v) is 19.1. The molecule has 4 N–H and O–H groups in total.